The lowest BCUT2D eigenvalue weighted by Crippen LogP contribution is -2.40. The van der Waals surface area contributed by atoms with Crippen LogP contribution in [0.25, 0.3) is 6.08 Å². The summed E-state index contributed by atoms with van der Waals surface area (Å²) in [5, 5.41) is 11.2. The first kappa shape index (κ1) is 14.8. The van der Waals surface area contributed by atoms with Crippen molar-refractivity contribution in [1.82, 2.24) is 10.2 Å². The normalized spacial score (nSPS) is 17.3. The molecule has 6 nitrogen and oxygen atoms in total. The van der Waals surface area contributed by atoms with Gasteiger partial charge in [-0.3, -0.25) is 9.69 Å². The lowest BCUT2D eigenvalue weighted by Gasteiger charge is -2.16. The van der Waals surface area contributed by atoms with E-state index in [1.165, 1.54) is 6.08 Å². The molecule has 0 atom stereocenters. The average Bonchev–Trinajstić information content (AvgIpc) is 2.59. The summed E-state index contributed by atoms with van der Waals surface area (Å²) >= 11 is 0. The van der Waals surface area contributed by atoms with Gasteiger partial charge in [-0.2, -0.15) is 0 Å². The van der Waals surface area contributed by atoms with E-state index in [-0.39, 0.29) is 12.5 Å². The summed E-state index contributed by atoms with van der Waals surface area (Å²) in [4.78, 5) is 35.6. The highest BCUT2D eigenvalue weighted by Crippen LogP contribution is 2.19. The fourth-order valence-electron chi connectivity index (χ4n) is 2.11. The Bertz CT molecular complexity index is 634. The van der Waals surface area contributed by atoms with Gasteiger partial charge in [0, 0.05) is 6.08 Å². The summed E-state index contributed by atoms with van der Waals surface area (Å²) in [6, 6.07) is 6.60. The van der Waals surface area contributed by atoms with Gasteiger partial charge in [0.25, 0.3) is 5.91 Å². The highest BCUT2D eigenvalue weighted by Gasteiger charge is 2.43. The van der Waals surface area contributed by atoms with Gasteiger partial charge in [-0.15, -0.1) is 0 Å². The molecule has 3 amide bonds. The van der Waals surface area contributed by atoms with Crippen molar-refractivity contribution in [3.63, 3.8) is 0 Å². The minimum Gasteiger partial charge on any atom is -0.478 e. The fraction of sp³-hybridized carbons (Fsp3) is 0.267. The zero-order valence-corrected chi connectivity index (χ0v) is 11.8. The van der Waals surface area contributed by atoms with Crippen LogP contribution in [-0.4, -0.2) is 33.5 Å². The van der Waals surface area contributed by atoms with Gasteiger partial charge in [0.15, 0.2) is 0 Å². The number of urea groups is 1. The summed E-state index contributed by atoms with van der Waals surface area (Å²) in [6.07, 6.45) is 2.50. The van der Waals surface area contributed by atoms with E-state index in [1.54, 1.807) is 38.1 Å². The van der Waals surface area contributed by atoms with Gasteiger partial charge in [0.1, 0.15) is 5.54 Å². The number of carboxylic acids is 1. The van der Waals surface area contributed by atoms with Gasteiger partial charge in [-0.05, 0) is 37.1 Å². The molecule has 1 aliphatic rings. The lowest BCUT2D eigenvalue weighted by molar-refractivity contribution is -0.131. The molecule has 0 unspecified atom stereocenters. The van der Waals surface area contributed by atoms with Crippen molar-refractivity contribution in [2.24, 2.45) is 0 Å². The molecule has 1 aromatic carbocycles. The minimum atomic E-state index is -1.03. The number of carboxylic acid groups (broad SMARTS) is 1. The van der Waals surface area contributed by atoms with Crippen LogP contribution < -0.4 is 5.32 Å². The van der Waals surface area contributed by atoms with Crippen molar-refractivity contribution in [3.05, 3.63) is 41.5 Å². The smallest absolute Gasteiger partial charge is 0.328 e. The number of carbonyl (C=O) groups is 3. The molecule has 0 bridgehead atoms. The number of nitrogens with one attached hydrogen (secondary N) is 1. The van der Waals surface area contributed by atoms with Crippen molar-refractivity contribution in [2.75, 3.05) is 0 Å². The number of carbonyl (C=O) groups excluding carboxylic acids is 2. The maximum absolute atomic E-state index is 12.1. The van der Waals surface area contributed by atoms with Gasteiger partial charge in [0.2, 0.25) is 0 Å². The molecule has 0 saturated carbocycles. The second-order valence-electron chi connectivity index (χ2n) is 5.36. The molecule has 0 aromatic heterocycles. The predicted molar refractivity (Wildman–Crippen MR) is 76.3 cm³/mol. The molecule has 21 heavy (non-hydrogen) atoms. The zero-order chi connectivity index (χ0) is 15.6. The van der Waals surface area contributed by atoms with E-state index in [2.05, 4.69) is 5.32 Å². The predicted octanol–water partition coefficient (Wildman–Crippen LogP) is 1.61. The first-order valence-corrected chi connectivity index (χ1v) is 6.44. The third-order valence-corrected chi connectivity index (χ3v) is 3.15. The Morgan fingerprint density at radius 2 is 2.10 bits per heavy atom. The largest absolute Gasteiger partial charge is 0.478 e. The number of amides is 3. The molecular formula is C15H16N2O4. The van der Waals surface area contributed by atoms with Gasteiger partial charge in [-0.1, -0.05) is 18.2 Å². The van der Waals surface area contributed by atoms with E-state index in [9.17, 15) is 14.4 Å². The average molecular weight is 288 g/mol. The van der Waals surface area contributed by atoms with E-state index in [0.717, 1.165) is 16.5 Å². The Hall–Kier alpha value is -2.63. The van der Waals surface area contributed by atoms with Crippen molar-refractivity contribution in [3.8, 4) is 0 Å². The van der Waals surface area contributed by atoms with Gasteiger partial charge >= 0.3 is 12.0 Å². The van der Waals surface area contributed by atoms with Crippen LogP contribution in [0.1, 0.15) is 25.0 Å². The van der Waals surface area contributed by atoms with Crippen LogP contribution in [0, 0.1) is 0 Å². The van der Waals surface area contributed by atoms with Gasteiger partial charge < -0.3 is 10.4 Å². The molecule has 1 aromatic rings. The van der Waals surface area contributed by atoms with Crippen LogP contribution in [0.2, 0.25) is 0 Å². The first-order valence-electron chi connectivity index (χ1n) is 6.44. The molecule has 2 rings (SSSR count). The van der Waals surface area contributed by atoms with Crippen molar-refractivity contribution < 1.29 is 19.5 Å². The second kappa shape index (κ2) is 5.40. The summed E-state index contributed by atoms with van der Waals surface area (Å²) in [5.41, 5.74) is 0.558. The Labute approximate surface area is 122 Å². The van der Waals surface area contributed by atoms with Crippen LogP contribution in [0.3, 0.4) is 0 Å². The molecular weight excluding hydrogens is 272 g/mol. The van der Waals surface area contributed by atoms with E-state index < -0.39 is 17.5 Å². The van der Waals surface area contributed by atoms with Crippen LogP contribution >= 0.6 is 0 Å². The molecule has 2 N–H and O–H groups in total. The highest BCUT2D eigenvalue weighted by molar-refractivity contribution is 6.06. The number of rotatable bonds is 4. The maximum Gasteiger partial charge on any atom is 0.328 e. The molecule has 1 fully saturated rings. The molecule has 1 saturated heterocycles. The third kappa shape index (κ3) is 3.28. The van der Waals surface area contributed by atoms with Crippen molar-refractivity contribution >= 4 is 24.0 Å². The summed E-state index contributed by atoms with van der Waals surface area (Å²) in [7, 11) is 0. The quantitative estimate of drug-likeness (QED) is 0.651. The summed E-state index contributed by atoms with van der Waals surface area (Å²) < 4.78 is 0. The Morgan fingerprint density at radius 3 is 2.67 bits per heavy atom. The standard InChI is InChI=1S/C15H16N2O4/c1-15(2)13(20)17(14(21)16-15)9-11-5-3-4-10(8-11)6-7-12(18)19/h3-8H,9H2,1-2H3,(H,16,21)(H,18,19). The number of imide groups is 1. The number of hydrogen-bond acceptors (Lipinski definition) is 3. The summed E-state index contributed by atoms with van der Waals surface area (Å²) in [6.45, 7) is 3.46. The van der Waals surface area contributed by atoms with Gasteiger partial charge in [0.05, 0.1) is 6.54 Å². The Morgan fingerprint density at radius 1 is 1.38 bits per heavy atom. The topological polar surface area (TPSA) is 86.7 Å². The highest BCUT2D eigenvalue weighted by atomic mass is 16.4. The van der Waals surface area contributed by atoms with Crippen LogP contribution in [0.5, 0.6) is 0 Å². The van der Waals surface area contributed by atoms with Crippen LogP contribution in [0.4, 0.5) is 4.79 Å². The summed E-state index contributed by atoms with van der Waals surface area (Å²) in [5.74, 6) is -1.31. The third-order valence-electron chi connectivity index (χ3n) is 3.15. The molecule has 1 aliphatic heterocycles. The SMILES string of the molecule is CC1(C)NC(=O)N(Cc2cccc(C=CC(=O)O)c2)C1=O. The monoisotopic (exact) mass is 288 g/mol. The van der Waals surface area contributed by atoms with Crippen LogP contribution in [-0.2, 0) is 16.1 Å². The van der Waals surface area contributed by atoms with E-state index in [4.69, 9.17) is 5.11 Å². The minimum absolute atomic E-state index is 0.156. The maximum atomic E-state index is 12.1. The molecule has 1 heterocycles. The van der Waals surface area contributed by atoms with Crippen LogP contribution in [0.15, 0.2) is 30.3 Å². The first-order chi connectivity index (χ1) is 9.79. The Kier molecular flexibility index (Phi) is 3.80. The lowest BCUT2D eigenvalue weighted by atomic mass is 10.1. The molecule has 0 spiro atoms. The molecule has 0 aliphatic carbocycles. The number of nitrogens with zero attached hydrogens (tertiary/aromatic N) is 1. The van der Waals surface area contributed by atoms with Crippen molar-refractivity contribution in [1.29, 1.82) is 0 Å². The van der Waals surface area contributed by atoms with E-state index in [0.29, 0.717) is 5.56 Å². The molecule has 110 valence electrons. The van der Waals surface area contributed by atoms with Crippen molar-refractivity contribution in [2.45, 2.75) is 25.9 Å². The molecule has 0 radical (unpaired) electrons. The number of hydrogen-bond donors (Lipinski definition) is 2. The molecule has 6 heteroatoms. The van der Waals surface area contributed by atoms with E-state index in [1.807, 2.05) is 0 Å². The Balaban J connectivity index is 2.17. The number of aliphatic carboxylic acids is 1. The second-order valence-corrected chi connectivity index (χ2v) is 5.36. The zero-order valence-electron chi connectivity index (χ0n) is 11.8. The fourth-order valence-corrected chi connectivity index (χ4v) is 2.11. The number of benzene rings is 1. The van der Waals surface area contributed by atoms with Gasteiger partial charge in [-0.25, -0.2) is 9.59 Å². The van der Waals surface area contributed by atoms with E-state index >= 15 is 0 Å².